The molecule has 0 fully saturated rings. The van der Waals surface area contributed by atoms with Crippen LogP contribution in [0.4, 0.5) is 0 Å². The Morgan fingerprint density at radius 1 is 1.23 bits per heavy atom. The Morgan fingerprint density at radius 3 is 2.77 bits per heavy atom. The molecule has 1 aromatic heterocycles. The number of hydrogen-bond donors (Lipinski definition) is 1. The van der Waals surface area contributed by atoms with E-state index >= 15 is 0 Å². The lowest BCUT2D eigenvalue weighted by atomic mass is 10.2. The number of carbonyl (C=O) groups is 1. The highest BCUT2D eigenvalue weighted by Gasteiger charge is 2.27. The van der Waals surface area contributed by atoms with Gasteiger partial charge in [0.25, 0.3) is 5.91 Å². The molecule has 3 aromatic rings. The van der Waals surface area contributed by atoms with Crippen LogP contribution in [0.15, 0.2) is 53.6 Å². The number of fused-ring (bicyclic) bond motifs is 1. The zero-order valence-corrected chi connectivity index (χ0v) is 17.4. The number of aromatic nitrogens is 2. The third-order valence-electron chi connectivity index (χ3n) is 4.88. The van der Waals surface area contributed by atoms with Crippen molar-refractivity contribution >= 4 is 23.7 Å². The van der Waals surface area contributed by atoms with Gasteiger partial charge in [-0.15, -0.1) is 0 Å². The predicted octanol–water partition coefficient (Wildman–Crippen LogP) is 3.49. The number of halogens is 1. The number of ether oxygens (including phenoxy) is 2. The minimum absolute atomic E-state index is 0.131. The molecule has 7 nitrogen and oxygen atoms in total. The first-order valence-electron chi connectivity index (χ1n) is 9.51. The number of nitrogens with one attached hydrogen (secondary N) is 1. The van der Waals surface area contributed by atoms with Crippen LogP contribution in [0.2, 0.25) is 5.02 Å². The summed E-state index contributed by atoms with van der Waals surface area (Å²) < 4.78 is 13.1. The second-order valence-electron chi connectivity index (χ2n) is 6.93. The van der Waals surface area contributed by atoms with Crippen molar-refractivity contribution in [3.8, 4) is 11.5 Å². The number of aryl methyl sites for hydroxylation is 1. The highest BCUT2D eigenvalue weighted by molar-refractivity contribution is 6.31. The topological polar surface area (TPSA) is 77.7 Å². The third-order valence-corrected chi connectivity index (χ3v) is 5.25. The number of carbonyl (C=O) groups excluding carboxylic acids is 1. The smallest absolute Gasteiger partial charge is 0.284 e. The van der Waals surface area contributed by atoms with Crippen LogP contribution in [0.5, 0.6) is 11.5 Å². The fourth-order valence-corrected chi connectivity index (χ4v) is 3.42. The summed E-state index contributed by atoms with van der Waals surface area (Å²) in [5, 5.41) is 9.36. The summed E-state index contributed by atoms with van der Waals surface area (Å²) in [7, 11) is 0. The van der Waals surface area contributed by atoms with Gasteiger partial charge in [-0.1, -0.05) is 41.9 Å². The van der Waals surface area contributed by atoms with Crippen molar-refractivity contribution in [3.63, 3.8) is 0 Å². The maximum absolute atomic E-state index is 12.4. The third kappa shape index (κ3) is 4.16. The average molecular weight is 425 g/mol. The first kappa shape index (κ1) is 20.0. The minimum Gasteiger partial charge on any atom is -0.485 e. The van der Waals surface area contributed by atoms with E-state index in [1.165, 1.54) is 0 Å². The fraction of sp³-hybridized carbons (Fsp3) is 0.227. The second-order valence-corrected chi connectivity index (χ2v) is 7.34. The zero-order chi connectivity index (χ0) is 21.1. The molecule has 30 heavy (non-hydrogen) atoms. The zero-order valence-electron chi connectivity index (χ0n) is 16.6. The Morgan fingerprint density at radius 2 is 1.97 bits per heavy atom. The van der Waals surface area contributed by atoms with E-state index < -0.39 is 6.10 Å². The predicted molar refractivity (Wildman–Crippen MR) is 114 cm³/mol. The van der Waals surface area contributed by atoms with Crippen molar-refractivity contribution in [2.75, 3.05) is 6.61 Å². The van der Waals surface area contributed by atoms with Crippen molar-refractivity contribution in [1.29, 1.82) is 0 Å². The monoisotopic (exact) mass is 424 g/mol. The van der Waals surface area contributed by atoms with E-state index in [-0.39, 0.29) is 12.5 Å². The van der Waals surface area contributed by atoms with E-state index in [2.05, 4.69) is 15.6 Å². The van der Waals surface area contributed by atoms with Crippen molar-refractivity contribution in [2.24, 2.45) is 5.10 Å². The van der Waals surface area contributed by atoms with E-state index in [1.54, 1.807) is 18.3 Å². The number of para-hydroxylation sites is 2. The van der Waals surface area contributed by atoms with Gasteiger partial charge in [0.2, 0.25) is 6.10 Å². The van der Waals surface area contributed by atoms with Gasteiger partial charge in [0.15, 0.2) is 11.5 Å². The molecule has 0 aliphatic carbocycles. The van der Waals surface area contributed by atoms with Gasteiger partial charge in [-0.05, 0) is 37.6 Å². The lowest BCUT2D eigenvalue weighted by Gasteiger charge is -2.24. The van der Waals surface area contributed by atoms with Crippen molar-refractivity contribution < 1.29 is 14.3 Å². The van der Waals surface area contributed by atoms with Gasteiger partial charge in [-0.2, -0.15) is 10.2 Å². The Hall–Kier alpha value is -3.32. The molecule has 154 valence electrons. The highest BCUT2D eigenvalue weighted by Crippen LogP contribution is 2.30. The molecule has 4 rings (SSSR count). The molecular formula is C22H21ClN4O3. The molecule has 2 aromatic carbocycles. The minimum atomic E-state index is -0.762. The number of rotatable bonds is 5. The number of nitrogens with zero attached hydrogens (tertiary/aromatic N) is 3. The van der Waals surface area contributed by atoms with Crippen LogP contribution >= 0.6 is 11.6 Å². The molecule has 1 amide bonds. The molecule has 0 saturated heterocycles. The highest BCUT2D eigenvalue weighted by atomic mass is 35.5. The summed E-state index contributed by atoms with van der Waals surface area (Å²) in [6.07, 6.45) is 0.832. The maximum atomic E-state index is 12.4. The molecule has 8 heteroatoms. The fourth-order valence-electron chi connectivity index (χ4n) is 3.22. The molecule has 0 radical (unpaired) electrons. The summed E-state index contributed by atoms with van der Waals surface area (Å²) >= 11 is 6.26. The lowest BCUT2D eigenvalue weighted by Crippen LogP contribution is -2.42. The van der Waals surface area contributed by atoms with Crippen LogP contribution in [0.3, 0.4) is 0 Å². The van der Waals surface area contributed by atoms with E-state index in [1.807, 2.05) is 54.9 Å². The van der Waals surface area contributed by atoms with E-state index in [0.717, 1.165) is 22.5 Å². The van der Waals surface area contributed by atoms with Gasteiger partial charge < -0.3 is 9.47 Å². The molecule has 0 bridgehead atoms. The van der Waals surface area contributed by atoms with Crippen LogP contribution < -0.4 is 14.9 Å². The normalized spacial score (nSPS) is 15.4. The molecule has 2 heterocycles. The van der Waals surface area contributed by atoms with Crippen molar-refractivity contribution in [3.05, 3.63) is 76.1 Å². The molecule has 0 spiro atoms. The summed E-state index contributed by atoms with van der Waals surface area (Å²) in [6, 6.07) is 14.9. The Balaban J connectivity index is 1.41. The van der Waals surface area contributed by atoms with Crippen LogP contribution in [0, 0.1) is 13.8 Å². The van der Waals surface area contributed by atoms with Gasteiger partial charge in [0.1, 0.15) is 6.61 Å². The Bertz CT molecular complexity index is 1110. The molecule has 1 aliphatic heterocycles. The lowest BCUT2D eigenvalue weighted by molar-refractivity contribution is -0.130. The molecule has 1 aliphatic rings. The summed E-state index contributed by atoms with van der Waals surface area (Å²) in [5.74, 6) is 0.794. The number of benzene rings is 2. The van der Waals surface area contributed by atoms with Crippen LogP contribution in [-0.2, 0) is 11.3 Å². The number of hydrazone groups is 1. The van der Waals surface area contributed by atoms with Crippen LogP contribution in [-0.4, -0.2) is 34.6 Å². The SMILES string of the molecule is Cc1nn(Cc2ccccc2Cl)c(C)c1/C=N/NC(=O)C1COc2ccccc2O1. The molecule has 1 unspecified atom stereocenters. The van der Waals surface area contributed by atoms with Crippen LogP contribution in [0.25, 0.3) is 0 Å². The largest absolute Gasteiger partial charge is 0.485 e. The molecular weight excluding hydrogens is 404 g/mol. The number of amides is 1. The number of hydrogen-bond acceptors (Lipinski definition) is 5. The molecule has 0 saturated carbocycles. The maximum Gasteiger partial charge on any atom is 0.284 e. The van der Waals surface area contributed by atoms with Crippen LogP contribution in [0.1, 0.15) is 22.5 Å². The Kier molecular flexibility index (Phi) is 5.72. The van der Waals surface area contributed by atoms with Gasteiger partial charge in [0, 0.05) is 16.3 Å². The van der Waals surface area contributed by atoms with Gasteiger partial charge in [-0.3, -0.25) is 9.48 Å². The van der Waals surface area contributed by atoms with Crippen molar-refractivity contribution in [2.45, 2.75) is 26.5 Å². The van der Waals surface area contributed by atoms with E-state index in [0.29, 0.717) is 23.1 Å². The Labute approximate surface area is 179 Å². The summed E-state index contributed by atoms with van der Waals surface area (Å²) in [6.45, 7) is 4.54. The van der Waals surface area contributed by atoms with E-state index in [9.17, 15) is 4.79 Å². The van der Waals surface area contributed by atoms with E-state index in [4.69, 9.17) is 21.1 Å². The second kappa shape index (κ2) is 8.59. The first-order chi connectivity index (χ1) is 14.5. The van der Waals surface area contributed by atoms with Gasteiger partial charge >= 0.3 is 0 Å². The quantitative estimate of drug-likeness (QED) is 0.502. The summed E-state index contributed by atoms with van der Waals surface area (Å²) in [4.78, 5) is 12.4. The standard InChI is InChI=1S/C22H21ClN4O3/c1-14-17(15(2)27(26-14)12-16-7-3-4-8-18(16)23)11-24-25-22(28)21-13-29-19-9-5-6-10-20(19)30-21/h3-11,21H,12-13H2,1-2H3,(H,25,28)/b24-11+. The van der Waals surface area contributed by atoms with Crippen molar-refractivity contribution in [1.82, 2.24) is 15.2 Å². The summed E-state index contributed by atoms with van der Waals surface area (Å²) in [5.41, 5.74) is 6.08. The first-order valence-corrected chi connectivity index (χ1v) is 9.89. The van der Waals surface area contributed by atoms with Gasteiger partial charge in [-0.25, -0.2) is 5.43 Å². The molecule has 1 N–H and O–H groups in total. The molecule has 1 atom stereocenters. The van der Waals surface area contributed by atoms with Gasteiger partial charge in [0.05, 0.1) is 18.5 Å². The average Bonchev–Trinajstić information content (AvgIpc) is 3.02.